The summed E-state index contributed by atoms with van der Waals surface area (Å²) in [7, 11) is 3.15. The predicted octanol–water partition coefficient (Wildman–Crippen LogP) is 3.11. The molecular formula is C16H23NO3. The molecule has 0 aromatic heterocycles. The van der Waals surface area contributed by atoms with Gasteiger partial charge in [0.05, 0.1) is 19.8 Å². The van der Waals surface area contributed by atoms with Crippen LogP contribution in [0.5, 0.6) is 11.5 Å². The van der Waals surface area contributed by atoms with Crippen molar-refractivity contribution < 1.29 is 14.3 Å². The molecule has 1 fully saturated rings. The molecule has 0 saturated carbocycles. The Morgan fingerprint density at radius 1 is 1.15 bits per heavy atom. The van der Waals surface area contributed by atoms with Crippen LogP contribution in [0.4, 0.5) is 0 Å². The highest BCUT2D eigenvalue weighted by Crippen LogP contribution is 2.33. The van der Waals surface area contributed by atoms with Gasteiger partial charge in [0, 0.05) is 12.1 Å². The largest absolute Gasteiger partial charge is 0.493 e. The SMILES string of the molecule is COc1cccc(C(=O)N2C(C)CCCC2C)c1OC. The lowest BCUT2D eigenvalue weighted by Gasteiger charge is -2.39. The van der Waals surface area contributed by atoms with E-state index in [4.69, 9.17) is 9.47 Å². The maximum atomic E-state index is 12.9. The molecule has 2 rings (SSSR count). The van der Waals surface area contributed by atoms with Crippen LogP contribution in [0.3, 0.4) is 0 Å². The number of para-hydroxylation sites is 1. The van der Waals surface area contributed by atoms with Gasteiger partial charge in [-0.25, -0.2) is 0 Å². The summed E-state index contributed by atoms with van der Waals surface area (Å²) in [5.74, 6) is 1.14. The number of piperidine rings is 1. The first-order valence-electron chi connectivity index (χ1n) is 7.13. The summed E-state index contributed by atoms with van der Waals surface area (Å²) in [5, 5.41) is 0. The Balaban J connectivity index is 2.37. The second-order valence-electron chi connectivity index (χ2n) is 5.38. The zero-order valence-corrected chi connectivity index (χ0v) is 12.7. The number of carbonyl (C=O) groups excluding carboxylic acids is 1. The van der Waals surface area contributed by atoms with Crippen molar-refractivity contribution in [2.45, 2.75) is 45.2 Å². The van der Waals surface area contributed by atoms with Gasteiger partial charge in [0.15, 0.2) is 11.5 Å². The molecule has 0 N–H and O–H groups in total. The number of hydrogen-bond donors (Lipinski definition) is 0. The fourth-order valence-electron chi connectivity index (χ4n) is 3.02. The Morgan fingerprint density at radius 2 is 1.80 bits per heavy atom. The molecule has 1 aromatic carbocycles. The molecule has 2 atom stereocenters. The molecule has 0 bridgehead atoms. The van der Waals surface area contributed by atoms with Crippen molar-refractivity contribution >= 4 is 5.91 Å². The van der Waals surface area contributed by atoms with Crippen LogP contribution in [0.15, 0.2) is 18.2 Å². The molecule has 0 spiro atoms. The average molecular weight is 277 g/mol. The van der Waals surface area contributed by atoms with Gasteiger partial charge in [-0.05, 0) is 45.2 Å². The minimum atomic E-state index is 0.0282. The quantitative estimate of drug-likeness (QED) is 0.852. The first-order chi connectivity index (χ1) is 9.60. The third kappa shape index (κ3) is 2.60. The van der Waals surface area contributed by atoms with Crippen LogP contribution < -0.4 is 9.47 Å². The molecule has 4 nitrogen and oxygen atoms in total. The molecule has 110 valence electrons. The number of benzene rings is 1. The number of amides is 1. The van der Waals surface area contributed by atoms with Crippen LogP contribution in [0.2, 0.25) is 0 Å². The van der Waals surface area contributed by atoms with Gasteiger partial charge in [0.1, 0.15) is 0 Å². The van der Waals surface area contributed by atoms with Crippen molar-refractivity contribution in [2.24, 2.45) is 0 Å². The van der Waals surface area contributed by atoms with E-state index in [0.29, 0.717) is 17.1 Å². The summed E-state index contributed by atoms with van der Waals surface area (Å²) in [4.78, 5) is 14.8. The van der Waals surface area contributed by atoms with E-state index >= 15 is 0 Å². The summed E-state index contributed by atoms with van der Waals surface area (Å²) in [6.45, 7) is 4.22. The zero-order valence-electron chi connectivity index (χ0n) is 12.7. The molecule has 1 amide bonds. The van der Waals surface area contributed by atoms with Crippen molar-refractivity contribution in [1.29, 1.82) is 0 Å². The molecule has 1 heterocycles. The van der Waals surface area contributed by atoms with E-state index in [9.17, 15) is 4.79 Å². The Morgan fingerprint density at radius 3 is 2.35 bits per heavy atom. The van der Waals surface area contributed by atoms with Crippen LogP contribution in [0.1, 0.15) is 43.5 Å². The Hall–Kier alpha value is -1.71. The summed E-state index contributed by atoms with van der Waals surface area (Å²) in [5.41, 5.74) is 0.576. The van der Waals surface area contributed by atoms with Crippen molar-refractivity contribution in [3.05, 3.63) is 23.8 Å². The standard InChI is InChI=1S/C16H23NO3/c1-11-7-5-8-12(2)17(11)16(18)13-9-6-10-14(19-3)15(13)20-4/h6,9-12H,5,7-8H2,1-4H3. The summed E-state index contributed by atoms with van der Waals surface area (Å²) in [6.07, 6.45) is 3.30. The highest BCUT2D eigenvalue weighted by atomic mass is 16.5. The molecule has 0 radical (unpaired) electrons. The summed E-state index contributed by atoms with van der Waals surface area (Å²) >= 11 is 0. The highest BCUT2D eigenvalue weighted by Gasteiger charge is 2.31. The maximum absolute atomic E-state index is 12.9. The molecular weight excluding hydrogens is 254 g/mol. The van der Waals surface area contributed by atoms with E-state index < -0.39 is 0 Å². The first-order valence-corrected chi connectivity index (χ1v) is 7.13. The molecule has 1 aromatic rings. The van der Waals surface area contributed by atoms with Gasteiger partial charge in [-0.15, -0.1) is 0 Å². The maximum Gasteiger partial charge on any atom is 0.258 e. The monoisotopic (exact) mass is 277 g/mol. The van der Waals surface area contributed by atoms with E-state index in [1.807, 2.05) is 11.0 Å². The summed E-state index contributed by atoms with van der Waals surface area (Å²) in [6, 6.07) is 5.97. The van der Waals surface area contributed by atoms with Crippen LogP contribution >= 0.6 is 0 Å². The van der Waals surface area contributed by atoms with E-state index in [0.717, 1.165) is 12.8 Å². The molecule has 0 aliphatic carbocycles. The zero-order chi connectivity index (χ0) is 14.7. The average Bonchev–Trinajstić information content (AvgIpc) is 2.45. The van der Waals surface area contributed by atoms with E-state index in [1.54, 1.807) is 26.4 Å². The van der Waals surface area contributed by atoms with E-state index in [2.05, 4.69) is 13.8 Å². The smallest absolute Gasteiger partial charge is 0.258 e. The second-order valence-corrected chi connectivity index (χ2v) is 5.38. The van der Waals surface area contributed by atoms with Gasteiger partial charge < -0.3 is 14.4 Å². The second kappa shape index (κ2) is 6.16. The van der Waals surface area contributed by atoms with Gasteiger partial charge in [0.25, 0.3) is 5.91 Å². The van der Waals surface area contributed by atoms with Gasteiger partial charge in [-0.3, -0.25) is 4.79 Å². The third-order valence-corrected chi connectivity index (χ3v) is 4.06. The van der Waals surface area contributed by atoms with Crippen molar-refractivity contribution in [3.8, 4) is 11.5 Å². The fourth-order valence-corrected chi connectivity index (χ4v) is 3.02. The third-order valence-electron chi connectivity index (χ3n) is 4.06. The number of rotatable bonds is 3. The van der Waals surface area contributed by atoms with Crippen molar-refractivity contribution in [1.82, 2.24) is 4.90 Å². The van der Waals surface area contributed by atoms with Crippen molar-refractivity contribution in [2.75, 3.05) is 14.2 Å². The normalized spacial score (nSPS) is 22.5. The van der Waals surface area contributed by atoms with Crippen LogP contribution in [0.25, 0.3) is 0 Å². The topological polar surface area (TPSA) is 38.8 Å². The number of carbonyl (C=O) groups is 1. The number of ether oxygens (including phenoxy) is 2. The minimum Gasteiger partial charge on any atom is -0.493 e. The number of likely N-dealkylation sites (tertiary alicyclic amines) is 1. The Kier molecular flexibility index (Phi) is 4.53. The minimum absolute atomic E-state index is 0.0282. The van der Waals surface area contributed by atoms with E-state index in [1.165, 1.54) is 6.42 Å². The van der Waals surface area contributed by atoms with Gasteiger partial charge in [-0.2, -0.15) is 0 Å². The number of hydrogen-bond acceptors (Lipinski definition) is 3. The Bertz CT molecular complexity index is 477. The summed E-state index contributed by atoms with van der Waals surface area (Å²) < 4.78 is 10.6. The lowest BCUT2D eigenvalue weighted by Crippen LogP contribution is -2.47. The number of nitrogens with zero attached hydrogens (tertiary/aromatic N) is 1. The van der Waals surface area contributed by atoms with Crippen LogP contribution in [-0.2, 0) is 0 Å². The van der Waals surface area contributed by atoms with Gasteiger partial charge in [0.2, 0.25) is 0 Å². The van der Waals surface area contributed by atoms with Crippen LogP contribution in [-0.4, -0.2) is 37.1 Å². The Labute approximate surface area is 120 Å². The van der Waals surface area contributed by atoms with Gasteiger partial charge >= 0.3 is 0 Å². The molecule has 1 aliphatic rings. The lowest BCUT2D eigenvalue weighted by atomic mass is 9.96. The lowest BCUT2D eigenvalue weighted by molar-refractivity contribution is 0.0507. The molecule has 1 saturated heterocycles. The highest BCUT2D eigenvalue weighted by molar-refractivity contribution is 5.98. The molecule has 4 heteroatoms. The fraction of sp³-hybridized carbons (Fsp3) is 0.562. The van der Waals surface area contributed by atoms with Crippen LogP contribution in [0, 0.1) is 0 Å². The van der Waals surface area contributed by atoms with Gasteiger partial charge in [-0.1, -0.05) is 6.07 Å². The number of methoxy groups -OCH3 is 2. The molecule has 2 unspecified atom stereocenters. The van der Waals surface area contributed by atoms with Crippen molar-refractivity contribution in [3.63, 3.8) is 0 Å². The van der Waals surface area contributed by atoms with E-state index in [-0.39, 0.29) is 18.0 Å². The first kappa shape index (κ1) is 14.7. The predicted molar refractivity (Wildman–Crippen MR) is 78.5 cm³/mol. The molecule has 1 aliphatic heterocycles. The molecule has 20 heavy (non-hydrogen) atoms.